The third kappa shape index (κ3) is 3.80. The van der Waals surface area contributed by atoms with Gasteiger partial charge >= 0.3 is 0 Å². The first-order valence-electron chi connectivity index (χ1n) is 4.75. The fourth-order valence-corrected chi connectivity index (χ4v) is 1.62. The molecular formula is C11H14N2OS. The molecule has 1 heterocycles. The van der Waals surface area contributed by atoms with Gasteiger partial charge in [-0.05, 0) is 13.8 Å². The van der Waals surface area contributed by atoms with Crippen LogP contribution in [0.4, 0.5) is 0 Å². The average molecular weight is 222 g/mol. The number of hydrogen-bond acceptors (Lipinski definition) is 3. The SMILES string of the molecule is CC(=O)SCCC#Cc1c(C)n[nH]c1C. The van der Waals surface area contributed by atoms with Crippen LogP contribution in [-0.2, 0) is 4.79 Å². The number of nitrogens with zero attached hydrogens (tertiary/aromatic N) is 1. The highest BCUT2D eigenvalue weighted by atomic mass is 32.2. The summed E-state index contributed by atoms with van der Waals surface area (Å²) in [5, 5.41) is 7.09. The lowest BCUT2D eigenvalue weighted by atomic mass is 10.2. The number of thioether (sulfide) groups is 1. The van der Waals surface area contributed by atoms with Gasteiger partial charge in [0.05, 0.1) is 11.3 Å². The maximum absolute atomic E-state index is 10.6. The molecule has 0 saturated heterocycles. The molecule has 0 atom stereocenters. The Labute approximate surface area is 94.0 Å². The van der Waals surface area contributed by atoms with Gasteiger partial charge < -0.3 is 0 Å². The van der Waals surface area contributed by atoms with E-state index in [4.69, 9.17) is 0 Å². The number of carbonyl (C=O) groups excluding carboxylic acids is 1. The molecule has 0 bridgehead atoms. The molecule has 1 aromatic heterocycles. The minimum absolute atomic E-state index is 0.146. The predicted octanol–water partition coefficient (Wildman–Crippen LogP) is 2.05. The van der Waals surface area contributed by atoms with E-state index < -0.39 is 0 Å². The Morgan fingerprint density at radius 1 is 1.53 bits per heavy atom. The molecule has 0 aliphatic rings. The molecule has 0 radical (unpaired) electrons. The summed E-state index contributed by atoms with van der Waals surface area (Å²) in [5.41, 5.74) is 2.90. The van der Waals surface area contributed by atoms with E-state index in [1.165, 1.54) is 11.8 Å². The first-order valence-corrected chi connectivity index (χ1v) is 5.73. The fraction of sp³-hybridized carbons (Fsp3) is 0.455. The molecule has 0 unspecified atom stereocenters. The standard InChI is InChI=1S/C11H14N2OS/c1-8-11(9(2)13-12-8)6-4-5-7-15-10(3)14/h5,7H2,1-3H3,(H,12,13). The van der Waals surface area contributed by atoms with Crippen LogP contribution in [0.3, 0.4) is 0 Å². The number of aryl methyl sites for hydroxylation is 2. The third-order valence-corrected chi connectivity index (χ3v) is 2.69. The summed E-state index contributed by atoms with van der Waals surface area (Å²) in [5.74, 6) is 6.87. The van der Waals surface area contributed by atoms with Crippen molar-refractivity contribution in [2.75, 3.05) is 5.75 Å². The number of aromatic nitrogens is 2. The molecule has 15 heavy (non-hydrogen) atoms. The van der Waals surface area contributed by atoms with Crippen molar-refractivity contribution < 1.29 is 4.79 Å². The normalized spacial score (nSPS) is 9.53. The van der Waals surface area contributed by atoms with E-state index in [1.54, 1.807) is 6.92 Å². The Bertz CT molecular complexity index is 392. The summed E-state index contributed by atoms with van der Waals surface area (Å²) < 4.78 is 0. The molecule has 3 nitrogen and oxygen atoms in total. The molecule has 1 aromatic rings. The van der Waals surface area contributed by atoms with Gasteiger partial charge in [0.25, 0.3) is 0 Å². The number of nitrogens with one attached hydrogen (secondary N) is 1. The van der Waals surface area contributed by atoms with Crippen molar-refractivity contribution >= 4 is 16.9 Å². The van der Waals surface area contributed by atoms with Crippen molar-refractivity contribution in [2.45, 2.75) is 27.2 Å². The van der Waals surface area contributed by atoms with Crippen LogP contribution >= 0.6 is 11.8 Å². The zero-order valence-electron chi connectivity index (χ0n) is 9.18. The molecule has 1 rings (SSSR count). The van der Waals surface area contributed by atoms with Crippen molar-refractivity contribution in [2.24, 2.45) is 0 Å². The fourth-order valence-electron chi connectivity index (χ4n) is 1.13. The molecule has 4 heteroatoms. The van der Waals surface area contributed by atoms with Crippen LogP contribution in [0.25, 0.3) is 0 Å². The Morgan fingerprint density at radius 2 is 2.27 bits per heavy atom. The van der Waals surface area contributed by atoms with Crippen molar-refractivity contribution in [1.29, 1.82) is 0 Å². The number of hydrogen-bond donors (Lipinski definition) is 1. The molecule has 0 amide bonds. The zero-order chi connectivity index (χ0) is 11.3. The van der Waals surface area contributed by atoms with Crippen LogP contribution < -0.4 is 0 Å². The second-order valence-electron chi connectivity index (χ2n) is 3.20. The Morgan fingerprint density at radius 3 is 2.80 bits per heavy atom. The minimum Gasteiger partial charge on any atom is -0.288 e. The van der Waals surface area contributed by atoms with Crippen LogP contribution in [0.2, 0.25) is 0 Å². The van der Waals surface area contributed by atoms with Crippen LogP contribution in [0.15, 0.2) is 0 Å². The summed E-state index contributed by atoms with van der Waals surface area (Å²) in [7, 11) is 0. The van der Waals surface area contributed by atoms with E-state index in [0.29, 0.717) is 0 Å². The molecule has 80 valence electrons. The first kappa shape index (κ1) is 11.9. The quantitative estimate of drug-likeness (QED) is 0.615. The second-order valence-corrected chi connectivity index (χ2v) is 4.47. The molecule has 0 spiro atoms. The van der Waals surface area contributed by atoms with Crippen molar-refractivity contribution in [3.63, 3.8) is 0 Å². The van der Waals surface area contributed by atoms with Gasteiger partial charge in [0, 0.05) is 24.8 Å². The Kier molecular flexibility index (Phi) is 4.44. The highest BCUT2D eigenvalue weighted by molar-refractivity contribution is 8.13. The maximum Gasteiger partial charge on any atom is 0.185 e. The van der Waals surface area contributed by atoms with Crippen molar-refractivity contribution in [3.05, 3.63) is 17.0 Å². The van der Waals surface area contributed by atoms with Crippen molar-refractivity contribution in [1.82, 2.24) is 10.2 Å². The van der Waals surface area contributed by atoms with Gasteiger partial charge in [0.15, 0.2) is 5.12 Å². The third-order valence-electron chi connectivity index (χ3n) is 1.87. The maximum atomic E-state index is 10.6. The monoisotopic (exact) mass is 222 g/mol. The predicted molar refractivity (Wildman–Crippen MR) is 62.7 cm³/mol. The molecule has 1 N–H and O–H groups in total. The summed E-state index contributed by atoms with van der Waals surface area (Å²) in [6.45, 7) is 5.45. The lowest BCUT2D eigenvalue weighted by Gasteiger charge is -1.89. The Balaban J connectivity index is 2.48. The van der Waals surface area contributed by atoms with Gasteiger partial charge in [-0.15, -0.1) is 0 Å². The molecular weight excluding hydrogens is 208 g/mol. The van der Waals surface area contributed by atoms with Gasteiger partial charge in [0.2, 0.25) is 0 Å². The van der Waals surface area contributed by atoms with E-state index >= 15 is 0 Å². The van der Waals surface area contributed by atoms with Gasteiger partial charge in [-0.25, -0.2) is 0 Å². The number of aromatic amines is 1. The number of rotatable bonds is 2. The number of carbonyl (C=O) groups is 1. The Hall–Kier alpha value is -1.21. The highest BCUT2D eigenvalue weighted by Crippen LogP contribution is 2.07. The molecule has 0 aromatic carbocycles. The molecule has 0 fully saturated rings. The van der Waals surface area contributed by atoms with Crippen molar-refractivity contribution in [3.8, 4) is 11.8 Å². The second kappa shape index (κ2) is 5.62. The number of H-pyrrole nitrogens is 1. The van der Waals surface area contributed by atoms with E-state index in [2.05, 4.69) is 22.0 Å². The van der Waals surface area contributed by atoms with Gasteiger partial charge in [-0.1, -0.05) is 23.6 Å². The van der Waals surface area contributed by atoms with Gasteiger partial charge in [-0.2, -0.15) is 5.10 Å². The van der Waals surface area contributed by atoms with E-state index in [1.807, 2.05) is 13.8 Å². The van der Waals surface area contributed by atoms with E-state index in [9.17, 15) is 4.79 Å². The summed E-state index contributed by atoms with van der Waals surface area (Å²) >= 11 is 1.31. The minimum atomic E-state index is 0.146. The molecule has 0 saturated carbocycles. The van der Waals surface area contributed by atoms with Crippen LogP contribution in [0.5, 0.6) is 0 Å². The summed E-state index contributed by atoms with van der Waals surface area (Å²) in [6.07, 6.45) is 0.730. The van der Waals surface area contributed by atoms with E-state index in [0.717, 1.165) is 29.1 Å². The zero-order valence-corrected chi connectivity index (χ0v) is 9.99. The van der Waals surface area contributed by atoms with Gasteiger partial charge in [0.1, 0.15) is 0 Å². The largest absolute Gasteiger partial charge is 0.288 e. The summed E-state index contributed by atoms with van der Waals surface area (Å²) in [4.78, 5) is 10.6. The smallest absolute Gasteiger partial charge is 0.185 e. The lowest BCUT2D eigenvalue weighted by molar-refractivity contribution is -0.109. The topological polar surface area (TPSA) is 45.8 Å². The van der Waals surface area contributed by atoms with E-state index in [-0.39, 0.29) is 5.12 Å². The molecule has 0 aliphatic heterocycles. The van der Waals surface area contributed by atoms with Gasteiger partial charge in [-0.3, -0.25) is 9.89 Å². The molecule has 0 aliphatic carbocycles. The van der Waals surface area contributed by atoms with Crippen LogP contribution in [0.1, 0.15) is 30.3 Å². The summed E-state index contributed by atoms with van der Waals surface area (Å²) in [6, 6.07) is 0. The lowest BCUT2D eigenvalue weighted by Crippen LogP contribution is -1.84. The average Bonchev–Trinajstić information content (AvgIpc) is 2.47. The highest BCUT2D eigenvalue weighted by Gasteiger charge is 2.01. The van der Waals surface area contributed by atoms with Crippen LogP contribution in [-0.4, -0.2) is 21.1 Å². The first-order chi connectivity index (χ1) is 7.11. The van der Waals surface area contributed by atoms with Crippen LogP contribution in [0, 0.1) is 25.7 Å².